The highest BCUT2D eigenvalue weighted by atomic mass is 16.3. The highest BCUT2D eigenvalue weighted by Gasteiger charge is 2.43. The van der Waals surface area contributed by atoms with Crippen LogP contribution in [0.25, 0.3) is 5.69 Å². The maximum Gasteiger partial charge on any atom is 0.259 e. The van der Waals surface area contributed by atoms with Gasteiger partial charge in [-0.15, -0.1) is 0 Å². The average molecular weight is 449 g/mol. The van der Waals surface area contributed by atoms with Crippen LogP contribution in [-0.2, 0) is 5.60 Å². The van der Waals surface area contributed by atoms with Crippen LogP contribution in [0.15, 0.2) is 42.7 Å². The van der Waals surface area contributed by atoms with Gasteiger partial charge in [-0.2, -0.15) is 15.0 Å². The quantitative estimate of drug-likeness (QED) is 0.629. The summed E-state index contributed by atoms with van der Waals surface area (Å²) in [6, 6.07) is 8.89. The molecule has 2 aliphatic rings. The number of phenolic OH excluding ortho intramolecular Hbond substituents is 1. The molecule has 0 saturated carbocycles. The van der Waals surface area contributed by atoms with Crippen molar-refractivity contribution in [1.29, 1.82) is 0 Å². The van der Waals surface area contributed by atoms with E-state index in [1.54, 1.807) is 26.0 Å². The van der Waals surface area contributed by atoms with E-state index in [2.05, 4.69) is 15.1 Å². The number of pyridine rings is 1. The summed E-state index contributed by atoms with van der Waals surface area (Å²) in [4.78, 5) is 23.5. The zero-order valence-electron chi connectivity index (χ0n) is 19.0. The van der Waals surface area contributed by atoms with E-state index in [0.717, 1.165) is 24.5 Å². The monoisotopic (exact) mass is 448 g/mol. The summed E-state index contributed by atoms with van der Waals surface area (Å²) in [5.74, 6) is 1.22. The second-order valence-corrected chi connectivity index (χ2v) is 9.57. The van der Waals surface area contributed by atoms with Gasteiger partial charge in [-0.3, -0.25) is 4.79 Å². The second-order valence-electron chi connectivity index (χ2n) is 9.57. The van der Waals surface area contributed by atoms with E-state index in [1.165, 1.54) is 23.3 Å². The lowest BCUT2D eigenvalue weighted by atomic mass is 10.0. The van der Waals surface area contributed by atoms with E-state index in [4.69, 9.17) is 4.98 Å². The first-order chi connectivity index (χ1) is 15.7. The Bertz CT molecular complexity index is 1170. The van der Waals surface area contributed by atoms with Gasteiger partial charge < -0.3 is 20.0 Å². The van der Waals surface area contributed by atoms with Crippen molar-refractivity contribution >= 4 is 11.7 Å². The van der Waals surface area contributed by atoms with Crippen molar-refractivity contribution in [2.45, 2.75) is 26.4 Å². The van der Waals surface area contributed by atoms with Gasteiger partial charge in [-0.1, -0.05) is 6.07 Å². The molecule has 0 unspecified atom stereocenters. The summed E-state index contributed by atoms with van der Waals surface area (Å²) in [6.07, 6.45) is 3.07. The number of carbonyl (C=O) groups excluding carboxylic acids is 1. The maximum absolute atomic E-state index is 13.4. The molecular weight excluding hydrogens is 420 g/mol. The third-order valence-electron chi connectivity index (χ3n) is 6.55. The predicted octanol–water partition coefficient (Wildman–Crippen LogP) is 2.11. The normalized spacial score (nSPS) is 20.4. The van der Waals surface area contributed by atoms with Crippen molar-refractivity contribution in [1.82, 2.24) is 24.9 Å². The Morgan fingerprint density at radius 1 is 1.06 bits per heavy atom. The molecule has 33 heavy (non-hydrogen) atoms. The third-order valence-corrected chi connectivity index (χ3v) is 6.55. The molecule has 0 radical (unpaired) electrons. The van der Waals surface area contributed by atoms with Crippen LogP contribution < -0.4 is 4.90 Å². The third kappa shape index (κ3) is 3.93. The van der Waals surface area contributed by atoms with Crippen LogP contribution in [0.2, 0.25) is 0 Å². The standard InChI is InChI=1S/C24H28N6O3/c1-15-9-20(24(2,3)33)27-21(10-15)28-11-16-13-29(14-17(16)12-28)23(32)22-18(5-4-6-19(22)31)30-25-7-8-26-30/h4-10,16-17,31,33H,11-14H2,1-3H3/t16-,17+. The van der Waals surface area contributed by atoms with E-state index in [-0.39, 0.29) is 17.2 Å². The molecular formula is C24H28N6O3. The van der Waals surface area contributed by atoms with Gasteiger partial charge in [0.15, 0.2) is 0 Å². The van der Waals surface area contributed by atoms with Gasteiger partial charge in [-0.25, -0.2) is 4.98 Å². The largest absolute Gasteiger partial charge is 0.507 e. The first kappa shape index (κ1) is 21.4. The SMILES string of the molecule is Cc1cc(N2C[C@H]3CN(C(=O)c4c(O)cccc4-n4nccn4)C[C@H]3C2)nc(C(C)(C)O)c1. The van der Waals surface area contributed by atoms with Crippen molar-refractivity contribution in [3.05, 3.63) is 59.5 Å². The summed E-state index contributed by atoms with van der Waals surface area (Å²) in [5, 5.41) is 29.1. The molecule has 172 valence electrons. The van der Waals surface area contributed by atoms with Crippen LogP contribution in [0.1, 0.15) is 35.5 Å². The summed E-state index contributed by atoms with van der Waals surface area (Å²) in [5.41, 5.74) is 1.40. The summed E-state index contributed by atoms with van der Waals surface area (Å²) >= 11 is 0. The minimum atomic E-state index is -1.00. The van der Waals surface area contributed by atoms with Gasteiger partial charge in [0, 0.05) is 38.0 Å². The van der Waals surface area contributed by atoms with Crippen LogP contribution in [0.5, 0.6) is 5.75 Å². The summed E-state index contributed by atoms with van der Waals surface area (Å²) in [6.45, 7) is 8.32. The predicted molar refractivity (Wildman–Crippen MR) is 122 cm³/mol. The van der Waals surface area contributed by atoms with E-state index in [0.29, 0.717) is 36.3 Å². The van der Waals surface area contributed by atoms with Crippen molar-refractivity contribution in [3.63, 3.8) is 0 Å². The van der Waals surface area contributed by atoms with E-state index >= 15 is 0 Å². The van der Waals surface area contributed by atoms with Crippen LogP contribution in [0, 0.1) is 18.8 Å². The Morgan fingerprint density at radius 2 is 1.73 bits per heavy atom. The lowest BCUT2D eigenvalue weighted by molar-refractivity contribution is 0.0737. The number of aromatic nitrogens is 4. The molecule has 1 aromatic carbocycles. The minimum Gasteiger partial charge on any atom is -0.507 e. The first-order valence-corrected chi connectivity index (χ1v) is 11.1. The Kier molecular flexibility index (Phi) is 5.08. The molecule has 9 nitrogen and oxygen atoms in total. The molecule has 5 rings (SSSR count). The number of phenols is 1. The number of fused-ring (bicyclic) bond motifs is 1. The average Bonchev–Trinajstić information content (AvgIpc) is 3.48. The molecule has 2 N–H and O–H groups in total. The van der Waals surface area contributed by atoms with Crippen molar-refractivity contribution < 1.29 is 15.0 Å². The lowest BCUT2D eigenvalue weighted by Gasteiger charge is -2.25. The Morgan fingerprint density at radius 3 is 2.36 bits per heavy atom. The molecule has 0 bridgehead atoms. The van der Waals surface area contributed by atoms with Gasteiger partial charge in [0.05, 0.1) is 18.1 Å². The molecule has 0 aliphatic carbocycles. The zero-order valence-corrected chi connectivity index (χ0v) is 19.0. The van der Waals surface area contributed by atoms with Crippen molar-refractivity contribution in [2.24, 2.45) is 11.8 Å². The fourth-order valence-electron chi connectivity index (χ4n) is 4.88. The van der Waals surface area contributed by atoms with Gasteiger partial charge in [0.2, 0.25) is 0 Å². The number of likely N-dealkylation sites (tertiary alicyclic amines) is 1. The molecule has 2 aliphatic heterocycles. The van der Waals surface area contributed by atoms with Crippen molar-refractivity contribution in [3.8, 4) is 11.4 Å². The van der Waals surface area contributed by atoms with Crippen LogP contribution in [0.4, 0.5) is 5.82 Å². The number of aromatic hydroxyl groups is 1. The molecule has 2 atom stereocenters. The van der Waals surface area contributed by atoms with E-state index < -0.39 is 5.60 Å². The number of hydrogen-bond donors (Lipinski definition) is 2. The topological polar surface area (TPSA) is 108 Å². The number of carbonyl (C=O) groups is 1. The fraction of sp³-hybridized carbons (Fsp3) is 0.417. The number of hydrogen-bond acceptors (Lipinski definition) is 7. The van der Waals surface area contributed by atoms with Crippen LogP contribution in [0.3, 0.4) is 0 Å². The summed E-state index contributed by atoms with van der Waals surface area (Å²) < 4.78 is 0. The summed E-state index contributed by atoms with van der Waals surface area (Å²) in [7, 11) is 0. The maximum atomic E-state index is 13.4. The molecule has 0 spiro atoms. The smallest absolute Gasteiger partial charge is 0.259 e. The molecule has 3 aromatic rings. The number of aliphatic hydroxyl groups is 1. The highest BCUT2D eigenvalue weighted by Crippen LogP contribution is 2.36. The van der Waals surface area contributed by atoms with Crippen molar-refractivity contribution in [2.75, 3.05) is 31.1 Å². The number of amides is 1. The van der Waals surface area contributed by atoms with E-state index in [9.17, 15) is 15.0 Å². The molecule has 9 heteroatoms. The second kappa shape index (κ2) is 7.84. The lowest BCUT2D eigenvalue weighted by Crippen LogP contribution is -2.34. The Hall–Kier alpha value is -3.46. The van der Waals surface area contributed by atoms with Crippen LogP contribution >= 0.6 is 0 Å². The fourth-order valence-corrected chi connectivity index (χ4v) is 4.88. The van der Waals surface area contributed by atoms with E-state index in [1.807, 2.05) is 24.0 Å². The van der Waals surface area contributed by atoms with Crippen LogP contribution in [-0.4, -0.2) is 67.2 Å². The first-order valence-electron chi connectivity index (χ1n) is 11.1. The number of rotatable bonds is 4. The molecule has 2 aromatic heterocycles. The molecule has 1 amide bonds. The number of anilines is 1. The number of benzene rings is 1. The van der Waals surface area contributed by atoms with Gasteiger partial charge in [-0.05, 0) is 50.6 Å². The molecule has 2 fully saturated rings. The Labute approximate surface area is 192 Å². The zero-order chi connectivity index (χ0) is 23.3. The molecule has 4 heterocycles. The van der Waals surface area contributed by atoms with Gasteiger partial charge >= 0.3 is 0 Å². The highest BCUT2D eigenvalue weighted by molar-refractivity contribution is 6.00. The molecule has 2 saturated heterocycles. The minimum absolute atomic E-state index is 0.0726. The van der Waals surface area contributed by atoms with Gasteiger partial charge in [0.25, 0.3) is 5.91 Å². The van der Waals surface area contributed by atoms with Gasteiger partial charge in [0.1, 0.15) is 28.4 Å². The number of aryl methyl sites for hydroxylation is 1. The number of nitrogens with zero attached hydrogens (tertiary/aromatic N) is 6. The Balaban J connectivity index is 1.34.